The maximum Gasteiger partial charge on any atom is 0.422 e. The Balaban J connectivity index is 1.81. The lowest BCUT2D eigenvalue weighted by molar-refractivity contribution is -0.154. The first-order valence-corrected chi connectivity index (χ1v) is 8.12. The molecule has 3 heterocycles. The maximum absolute atomic E-state index is 12.8. The summed E-state index contributed by atoms with van der Waals surface area (Å²) in [6.07, 6.45) is -5.01. The number of aromatic nitrogens is 5. The molecule has 3 rings (SSSR count). The smallest absolute Gasteiger partial charge is 0.422 e. The van der Waals surface area contributed by atoms with Crippen LogP contribution in [0.4, 0.5) is 26.3 Å². The molecule has 0 amide bonds. The van der Waals surface area contributed by atoms with E-state index in [4.69, 9.17) is 0 Å². The molecule has 158 valence electrons. The third-order valence-corrected chi connectivity index (χ3v) is 3.61. The SMILES string of the molecule is O=c1ccc(-c2cnc(OCC(F)(F)F)nc2)nn1Cc1cncc(C(F)(F)F)c1. The zero-order valence-electron chi connectivity index (χ0n) is 14.8. The second-order valence-electron chi connectivity index (χ2n) is 5.95. The van der Waals surface area contributed by atoms with Crippen LogP contribution in [0.1, 0.15) is 11.1 Å². The molecular formula is C17H11F6N5O2. The number of halogens is 6. The number of hydrogen-bond acceptors (Lipinski definition) is 6. The summed E-state index contributed by atoms with van der Waals surface area (Å²) in [6, 6.07) is 2.80. The molecule has 30 heavy (non-hydrogen) atoms. The molecule has 0 N–H and O–H groups in total. The fraction of sp³-hybridized carbons (Fsp3) is 0.235. The van der Waals surface area contributed by atoms with Crippen molar-refractivity contribution < 1.29 is 31.1 Å². The van der Waals surface area contributed by atoms with Crippen LogP contribution >= 0.6 is 0 Å². The Kier molecular flexibility index (Phi) is 5.71. The normalized spacial score (nSPS) is 12.1. The Morgan fingerprint density at radius 1 is 0.967 bits per heavy atom. The largest absolute Gasteiger partial charge is 0.454 e. The highest BCUT2D eigenvalue weighted by Crippen LogP contribution is 2.29. The van der Waals surface area contributed by atoms with Gasteiger partial charge in [-0.05, 0) is 17.7 Å². The van der Waals surface area contributed by atoms with Gasteiger partial charge in [-0.25, -0.2) is 14.6 Å². The number of rotatable bonds is 5. The fourth-order valence-corrected chi connectivity index (χ4v) is 2.29. The van der Waals surface area contributed by atoms with Gasteiger partial charge in [0, 0.05) is 36.4 Å². The van der Waals surface area contributed by atoms with Crippen molar-refractivity contribution in [1.82, 2.24) is 24.7 Å². The van der Waals surface area contributed by atoms with E-state index in [0.717, 1.165) is 29.2 Å². The average Bonchev–Trinajstić information content (AvgIpc) is 2.68. The molecular weight excluding hydrogens is 420 g/mol. The molecule has 0 fully saturated rings. The van der Waals surface area contributed by atoms with Crippen molar-refractivity contribution in [2.75, 3.05) is 6.61 Å². The van der Waals surface area contributed by atoms with Gasteiger partial charge in [-0.2, -0.15) is 31.4 Å². The van der Waals surface area contributed by atoms with Crippen molar-refractivity contribution in [2.24, 2.45) is 0 Å². The highest BCUT2D eigenvalue weighted by molar-refractivity contribution is 5.55. The Morgan fingerprint density at radius 2 is 1.67 bits per heavy atom. The summed E-state index contributed by atoms with van der Waals surface area (Å²) in [6.45, 7) is -1.84. The third-order valence-electron chi connectivity index (χ3n) is 3.61. The van der Waals surface area contributed by atoms with Crippen molar-refractivity contribution in [3.63, 3.8) is 0 Å². The van der Waals surface area contributed by atoms with E-state index in [1.54, 1.807) is 0 Å². The van der Waals surface area contributed by atoms with Gasteiger partial charge in [-0.1, -0.05) is 0 Å². The number of pyridine rings is 1. The lowest BCUT2D eigenvalue weighted by atomic mass is 10.2. The predicted octanol–water partition coefficient (Wildman–Crippen LogP) is 3.10. The molecule has 0 saturated carbocycles. The second-order valence-corrected chi connectivity index (χ2v) is 5.95. The minimum absolute atomic E-state index is 0.101. The van der Waals surface area contributed by atoms with E-state index in [2.05, 4.69) is 24.8 Å². The van der Waals surface area contributed by atoms with E-state index < -0.39 is 36.1 Å². The van der Waals surface area contributed by atoms with Crippen LogP contribution in [0.2, 0.25) is 0 Å². The number of ether oxygens (including phenoxy) is 1. The van der Waals surface area contributed by atoms with E-state index in [1.165, 1.54) is 12.3 Å². The molecule has 0 atom stereocenters. The molecule has 0 spiro atoms. The van der Waals surface area contributed by atoms with Gasteiger partial charge in [0.2, 0.25) is 0 Å². The van der Waals surface area contributed by atoms with Crippen LogP contribution in [0, 0.1) is 0 Å². The molecule has 3 aromatic rings. The minimum atomic E-state index is -4.59. The van der Waals surface area contributed by atoms with Crippen molar-refractivity contribution in [1.29, 1.82) is 0 Å². The summed E-state index contributed by atoms with van der Waals surface area (Å²) in [5.41, 5.74) is -1.01. The number of nitrogens with zero attached hydrogens (tertiary/aromatic N) is 5. The van der Waals surface area contributed by atoms with Crippen LogP contribution in [0.3, 0.4) is 0 Å². The van der Waals surface area contributed by atoms with E-state index in [0.29, 0.717) is 6.20 Å². The Bertz CT molecular complexity index is 1080. The summed E-state index contributed by atoms with van der Waals surface area (Å²) >= 11 is 0. The minimum Gasteiger partial charge on any atom is -0.454 e. The van der Waals surface area contributed by atoms with Gasteiger partial charge < -0.3 is 4.74 Å². The molecule has 0 bridgehead atoms. The van der Waals surface area contributed by atoms with Crippen LogP contribution in [0.25, 0.3) is 11.3 Å². The molecule has 0 unspecified atom stereocenters. The van der Waals surface area contributed by atoms with E-state index in [1.807, 2.05) is 0 Å². The van der Waals surface area contributed by atoms with Crippen molar-refractivity contribution in [3.8, 4) is 17.3 Å². The topological polar surface area (TPSA) is 82.8 Å². The van der Waals surface area contributed by atoms with Gasteiger partial charge in [0.1, 0.15) is 0 Å². The van der Waals surface area contributed by atoms with Crippen molar-refractivity contribution >= 4 is 0 Å². The Hall–Kier alpha value is -3.51. The number of alkyl halides is 6. The van der Waals surface area contributed by atoms with Crippen LogP contribution in [0.5, 0.6) is 6.01 Å². The summed E-state index contributed by atoms with van der Waals surface area (Å²) in [7, 11) is 0. The van der Waals surface area contributed by atoms with Crippen LogP contribution in [-0.2, 0) is 12.7 Å². The van der Waals surface area contributed by atoms with Gasteiger partial charge in [0.15, 0.2) is 6.61 Å². The van der Waals surface area contributed by atoms with Gasteiger partial charge in [0.25, 0.3) is 5.56 Å². The summed E-state index contributed by atoms with van der Waals surface area (Å²) < 4.78 is 80.2. The first kappa shape index (κ1) is 21.2. The predicted molar refractivity (Wildman–Crippen MR) is 89.4 cm³/mol. The molecule has 0 aliphatic carbocycles. The lowest BCUT2D eigenvalue weighted by Gasteiger charge is -2.10. The monoisotopic (exact) mass is 431 g/mol. The van der Waals surface area contributed by atoms with Crippen LogP contribution in [-0.4, -0.2) is 37.5 Å². The molecule has 7 nitrogen and oxygen atoms in total. The highest BCUT2D eigenvalue weighted by atomic mass is 19.4. The molecule has 0 aliphatic rings. The van der Waals surface area contributed by atoms with Crippen molar-refractivity contribution in [2.45, 2.75) is 18.9 Å². The average molecular weight is 431 g/mol. The van der Waals surface area contributed by atoms with E-state index in [9.17, 15) is 31.1 Å². The molecule has 13 heteroatoms. The fourth-order valence-electron chi connectivity index (χ4n) is 2.29. The zero-order valence-corrected chi connectivity index (χ0v) is 14.8. The molecule has 0 aliphatic heterocycles. The third kappa shape index (κ3) is 5.52. The van der Waals surface area contributed by atoms with Crippen LogP contribution < -0.4 is 10.3 Å². The van der Waals surface area contributed by atoms with Gasteiger partial charge >= 0.3 is 18.4 Å². The molecule has 0 saturated heterocycles. The standard InChI is InChI=1S/C17H11F6N5O2/c18-16(19,20)9-30-15-25-5-11(6-26-15)13-1-2-14(29)28(27-13)8-10-3-12(7-24-4-10)17(21,22)23/h1-7H,8-9H2. The first-order valence-electron chi connectivity index (χ1n) is 8.12. The summed E-state index contributed by atoms with van der Waals surface area (Å²) in [5, 5.41) is 4.04. The number of hydrogen-bond donors (Lipinski definition) is 0. The highest BCUT2D eigenvalue weighted by Gasteiger charge is 2.31. The zero-order chi connectivity index (χ0) is 21.9. The summed E-state index contributed by atoms with van der Waals surface area (Å²) in [5.74, 6) is 0. The van der Waals surface area contributed by atoms with Gasteiger partial charge in [-0.3, -0.25) is 9.78 Å². The van der Waals surface area contributed by atoms with Gasteiger partial charge in [0.05, 0.1) is 17.8 Å². The van der Waals surface area contributed by atoms with Crippen molar-refractivity contribution in [3.05, 3.63) is 64.5 Å². The van der Waals surface area contributed by atoms with E-state index in [-0.39, 0.29) is 23.4 Å². The molecule has 3 aromatic heterocycles. The van der Waals surface area contributed by atoms with Gasteiger partial charge in [-0.15, -0.1) is 0 Å². The molecule has 0 aromatic carbocycles. The maximum atomic E-state index is 12.8. The Morgan fingerprint density at radius 3 is 2.30 bits per heavy atom. The van der Waals surface area contributed by atoms with E-state index >= 15 is 0 Å². The Labute approximate surface area is 164 Å². The van der Waals surface area contributed by atoms with Crippen LogP contribution in [0.15, 0.2) is 47.8 Å². The summed E-state index contributed by atoms with van der Waals surface area (Å²) in [4.78, 5) is 22.8. The quantitative estimate of drug-likeness (QED) is 0.578. The second kappa shape index (κ2) is 8.08. The molecule has 0 radical (unpaired) electrons. The lowest BCUT2D eigenvalue weighted by Crippen LogP contribution is -2.23. The first-order chi connectivity index (χ1) is 14.0.